The summed E-state index contributed by atoms with van der Waals surface area (Å²) >= 11 is 1.56. The minimum atomic E-state index is 0.388. The predicted octanol–water partition coefficient (Wildman–Crippen LogP) is 3.16. The fraction of sp³-hybridized carbons (Fsp3) is 0.214. The maximum atomic E-state index is 9.04. The van der Waals surface area contributed by atoms with E-state index in [1.165, 1.54) is 0 Å². The first-order chi connectivity index (χ1) is 9.23. The Balaban J connectivity index is 2.51. The lowest BCUT2D eigenvalue weighted by molar-refractivity contribution is 1.06. The van der Waals surface area contributed by atoms with Gasteiger partial charge in [-0.05, 0) is 18.6 Å². The minimum Gasteiger partial charge on any atom is -0.378 e. The lowest BCUT2D eigenvalue weighted by Gasteiger charge is -1.98. The fourth-order valence-electron chi connectivity index (χ4n) is 1.78. The van der Waals surface area contributed by atoms with Gasteiger partial charge in [0.05, 0.1) is 16.8 Å². The van der Waals surface area contributed by atoms with Gasteiger partial charge in [-0.2, -0.15) is 10.5 Å². The normalized spacial score (nSPS) is 9.68. The number of aryl methyl sites for hydroxylation is 1. The average Bonchev–Trinajstić information content (AvgIpc) is 2.89. The van der Waals surface area contributed by atoms with Crippen molar-refractivity contribution in [2.75, 3.05) is 12.4 Å². The van der Waals surface area contributed by atoms with Gasteiger partial charge in [0.2, 0.25) is 0 Å². The van der Waals surface area contributed by atoms with E-state index in [-0.39, 0.29) is 0 Å². The van der Waals surface area contributed by atoms with Gasteiger partial charge in [-0.3, -0.25) is 0 Å². The van der Waals surface area contributed by atoms with Crippen molar-refractivity contribution in [3.63, 3.8) is 0 Å². The Hall–Kier alpha value is -2.37. The van der Waals surface area contributed by atoms with Crippen LogP contribution in [0.3, 0.4) is 0 Å². The van der Waals surface area contributed by atoms with Crippen LogP contribution in [0.1, 0.15) is 23.7 Å². The molecule has 0 aliphatic heterocycles. The van der Waals surface area contributed by atoms with Gasteiger partial charge in [0.25, 0.3) is 0 Å². The van der Waals surface area contributed by atoms with E-state index in [0.29, 0.717) is 11.1 Å². The van der Waals surface area contributed by atoms with E-state index in [9.17, 15) is 0 Å². The van der Waals surface area contributed by atoms with Crippen LogP contribution in [-0.2, 0) is 6.42 Å². The summed E-state index contributed by atoms with van der Waals surface area (Å²) in [5.74, 6) is 0. The number of nitrogens with zero attached hydrogens (tertiary/aromatic N) is 3. The molecule has 0 radical (unpaired) electrons. The molecule has 2 rings (SSSR count). The maximum Gasteiger partial charge on any atom is 0.125 e. The highest BCUT2D eigenvalue weighted by Gasteiger charge is 2.12. The van der Waals surface area contributed by atoms with Crippen molar-refractivity contribution >= 4 is 16.3 Å². The number of thiazole rings is 1. The Kier molecular flexibility index (Phi) is 3.79. The molecule has 0 amide bonds. The lowest BCUT2D eigenvalue weighted by atomic mass is 10.1. The molecule has 0 saturated heterocycles. The number of benzene rings is 1. The molecule has 0 bridgehead atoms. The van der Waals surface area contributed by atoms with Crippen molar-refractivity contribution in [2.45, 2.75) is 13.3 Å². The first-order valence-electron chi connectivity index (χ1n) is 5.85. The highest BCUT2D eigenvalue weighted by Crippen LogP contribution is 2.32. The van der Waals surface area contributed by atoms with Gasteiger partial charge < -0.3 is 5.32 Å². The molecule has 0 saturated carbocycles. The molecule has 2 aromatic rings. The third kappa shape index (κ3) is 2.42. The molecule has 0 aliphatic rings. The molecule has 0 unspecified atom stereocenters. The van der Waals surface area contributed by atoms with Crippen LogP contribution in [0.15, 0.2) is 18.2 Å². The Morgan fingerprint density at radius 2 is 2.00 bits per heavy atom. The Bertz CT molecular complexity index is 667. The number of nitrogens with one attached hydrogen (secondary N) is 1. The molecule has 0 atom stereocenters. The van der Waals surface area contributed by atoms with Crippen LogP contribution in [0.5, 0.6) is 0 Å². The zero-order valence-corrected chi connectivity index (χ0v) is 11.5. The standard InChI is InChI=1S/C14H12N4S/c1-3-12-14(17-2)19-13(18-12)9-4-5-10(7-15)11(6-9)8-16/h4-6,17H,3H2,1-2H3. The van der Waals surface area contributed by atoms with Crippen LogP contribution < -0.4 is 5.32 Å². The third-order valence-corrected chi connectivity index (χ3v) is 3.93. The summed E-state index contributed by atoms with van der Waals surface area (Å²) in [4.78, 5) is 4.56. The predicted molar refractivity (Wildman–Crippen MR) is 75.9 cm³/mol. The van der Waals surface area contributed by atoms with Crippen molar-refractivity contribution in [3.05, 3.63) is 35.0 Å². The van der Waals surface area contributed by atoms with Gasteiger partial charge in [0.1, 0.15) is 22.1 Å². The number of aromatic nitrogens is 1. The maximum absolute atomic E-state index is 9.04. The summed E-state index contributed by atoms with van der Waals surface area (Å²) < 4.78 is 0. The largest absolute Gasteiger partial charge is 0.378 e. The zero-order valence-electron chi connectivity index (χ0n) is 10.7. The Labute approximate surface area is 116 Å². The molecule has 1 N–H and O–H groups in total. The van der Waals surface area contributed by atoms with Crippen LogP contribution in [0.2, 0.25) is 0 Å². The molecule has 5 heteroatoms. The van der Waals surface area contributed by atoms with Crippen LogP contribution in [0.4, 0.5) is 5.00 Å². The Morgan fingerprint density at radius 1 is 1.26 bits per heavy atom. The van der Waals surface area contributed by atoms with E-state index in [1.54, 1.807) is 23.5 Å². The van der Waals surface area contributed by atoms with Crippen LogP contribution in [-0.4, -0.2) is 12.0 Å². The van der Waals surface area contributed by atoms with E-state index in [2.05, 4.69) is 17.2 Å². The molecule has 0 spiro atoms. The summed E-state index contributed by atoms with van der Waals surface area (Å²) in [6.07, 6.45) is 0.855. The topological polar surface area (TPSA) is 72.5 Å². The van der Waals surface area contributed by atoms with E-state index in [1.807, 2.05) is 25.3 Å². The molecular formula is C14H12N4S. The number of rotatable bonds is 3. The smallest absolute Gasteiger partial charge is 0.125 e. The SMILES string of the molecule is CCc1nc(-c2ccc(C#N)c(C#N)c2)sc1NC. The molecule has 0 fully saturated rings. The molecule has 1 aromatic heterocycles. The number of anilines is 1. The van der Waals surface area contributed by atoms with E-state index in [4.69, 9.17) is 10.5 Å². The van der Waals surface area contributed by atoms with Crippen LogP contribution in [0.25, 0.3) is 10.6 Å². The molecule has 94 valence electrons. The van der Waals surface area contributed by atoms with Crippen molar-refractivity contribution in [1.82, 2.24) is 4.98 Å². The third-order valence-electron chi connectivity index (χ3n) is 2.77. The quantitative estimate of drug-likeness (QED) is 0.928. The number of hydrogen-bond acceptors (Lipinski definition) is 5. The highest BCUT2D eigenvalue weighted by molar-refractivity contribution is 7.19. The average molecular weight is 268 g/mol. The second-order valence-corrected chi connectivity index (χ2v) is 4.88. The van der Waals surface area contributed by atoms with Gasteiger partial charge in [0, 0.05) is 12.6 Å². The van der Waals surface area contributed by atoms with E-state index in [0.717, 1.165) is 27.7 Å². The van der Waals surface area contributed by atoms with Crippen LogP contribution >= 0.6 is 11.3 Å². The summed E-state index contributed by atoms with van der Waals surface area (Å²) in [6.45, 7) is 2.05. The molecule has 4 nitrogen and oxygen atoms in total. The monoisotopic (exact) mass is 268 g/mol. The second-order valence-electron chi connectivity index (χ2n) is 3.88. The second kappa shape index (κ2) is 5.51. The molecule has 1 heterocycles. The minimum absolute atomic E-state index is 0.388. The summed E-state index contributed by atoms with van der Waals surface area (Å²) in [6, 6.07) is 9.27. The van der Waals surface area contributed by atoms with E-state index < -0.39 is 0 Å². The van der Waals surface area contributed by atoms with Gasteiger partial charge in [-0.25, -0.2) is 4.98 Å². The molecule has 1 aromatic carbocycles. The van der Waals surface area contributed by atoms with Crippen LogP contribution in [0, 0.1) is 22.7 Å². The van der Waals surface area contributed by atoms with Crippen molar-refractivity contribution in [3.8, 4) is 22.7 Å². The molecule has 19 heavy (non-hydrogen) atoms. The number of nitriles is 2. The lowest BCUT2D eigenvalue weighted by Crippen LogP contribution is -1.90. The number of hydrogen-bond donors (Lipinski definition) is 1. The highest BCUT2D eigenvalue weighted by atomic mass is 32.1. The molecular weight excluding hydrogens is 256 g/mol. The first kappa shape index (κ1) is 13.1. The zero-order chi connectivity index (χ0) is 13.8. The summed E-state index contributed by atoms with van der Waals surface area (Å²) in [5, 5.41) is 23.0. The molecule has 0 aliphatic carbocycles. The summed E-state index contributed by atoms with van der Waals surface area (Å²) in [7, 11) is 1.87. The van der Waals surface area contributed by atoms with E-state index >= 15 is 0 Å². The van der Waals surface area contributed by atoms with Gasteiger partial charge >= 0.3 is 0 Å². The first-order valence-corrected chi connectivity index (χ1v) is 6.67. The summed E-state index contributed by atoms with van der Waals surface area (Å²) in [5.41, 5.74) is 2.67. The van der Waals surface area contributed by atoms with Gasteiger partial charge in [0.15, 0.2) is 0 Å². The Morgan fingerprint density at radius 3 is 2.53 bits per heavy atom. The van der Waals surface area contributed by atoms with Gasteiger partial charge in [-0.15, -0.1) is 0 Å². The van der Waals surface area contributed by atoms with Crippen molar-refractivity contribution < 1.29 is 0 Å². The fourth-order valence-corrected chi connectivity index (χ4v) is 2.78. The van der Waals surface area contributed by atoms with Crippen molar-refractivity contribution in [1.29, 1.82) is 10.5 Å². The van der Waals surface area contributed by atoms with Gasteiger partial charge in [-0.1, -0.05) is 24.3 Å². The van der Waals surface area contributed by atoms with Crippen molar-refractivity contribution in [2.24, 2.45) is 0 Å².